The molecule has 1 saturated heterocycles. The van der Waals surface area contributed by atoms with Crippen LogP contribution in [0.25, 0.3) is 11.0 Å². The number of ether oxygens (including phenoxy) is 2. The number of pyridine rings is 2. The number of aromatic nitrogens is 4. The zero-order valence-electron chi connectivity index (χ0n) is 21.7. The standard InChI is InChI=1S/C28H25ClF3N5O4/c29-18-2-3-19(33-11-18)15-41-26-21(28(30,31)32)9-16-5-7-36(13-23(16)35-26)14-25-34-22-4-1-17(27(38)39)10-24(22)37(25)12-20-6-8-40-20/h1-4,9-11,20H,5-8,12-15H2,(H,38,39)/t20-/m0/s1. The Labute approximate surface area is 237 Å². The molecule has 214 valence electrons. The summed E-state index contributed by atoms with van der Waals surface area (Å²) in [4.78, 5) is 26.8. The first kappa shape index (κ1) is 27.4. The minimum Gasteiger partial charge on any atom is -0.478 e. The number of imidazole rings is 1. The summed E-state index contributed by atoms with van der Waals surface area (Å²) in [6, 6.07) is 9.11. The molecule has 5 heterocycles. The summed E-state index contributed by atoms with van der Waals surface area (Å²) in [5.74, 6) is -0.799. The molecule has 1 atom stereocenters. The van der Waals surface area contributed by atoms with Crippen LogP contribution in [0.4, 0.5) is 13.2 Å². The van der Waals surface area contributed by atoms with E-state index in [9.17, 15) is 23.1 Å². The van der Waals surface area contributed by atoms with Gasteiger partial charge in [0.25, 0.3) is 0 Å². The van der Waals surface area contributed by atoms with E-state index in [0.29, 0.717) is 72.2 Å². The number of aromatic carboxylic acids is 1. The van der Waals surface area contributed by atoms with Crippen molar-refractivity contribution < 1.29 is 32.5 Å². The van der Waals surface area contributed by atoms with Crippen LogP contribution >= 0.6 is 11.6 Å². The van der Waals surface area contributed by atoms with Crippen molar-refractivity contribution in [2.45, 2.75) is 51.4 Å². The number of carboxylic acids is 1. The predicted molar refractivity (Wildman–Crippen MR) is 142 cm³/mol. The van der Waals surface area contributed by atoms with Crippen LogP contribution in [0.2, 0.25) is 5.02 Å². The van der Waals surface area contributed by atoms with Crippen LogP contribution < -0.4 is 4.74 Å². The summed E-state index contributed by atoms with van der Waals surface area (Å²) in [6.45, 7) is 2.22. The van der Waals surface area contributed by atoms with Gasteiger partial charge in [-0.3, -0.25) is 9.88 Å². The number of fused-ring (bicyclic) bond motifs is 2. The van der Waals surface area contributed by atoms with Crippen molar-refractivity contribution in [2.24, 2.45) is 0 Å². The third-order valence-electron chi connectivity index (χ3n) is 7.30. The second-order valence-electron chi connectivity index (χ2n) is 10.1. The lowest BCUT2D eigenvalue weighted by Gasteiger charge is -2.30. The van der Waals surface area contributed by atoms with Gasteiger partial charge < -0.3 is 19.1 Å². The van der Waals surface area contributed by atoms with Gasteiger partial charge in [0.2, 0.25) is 5.88 Å². The molecule has 2 aliphatic heterocycles. The SMILES string of the molecule is O=C(O)c1ccc2nc(CN3CCc4cc(C(F)(F)F)c(OCc5ccc(Cl)cn5)nc4C3)n(C[C@@H]3CCO3)c2c1. The minimum absolute atomic E-state index is 0.0130. The predicted octanol–water partition coefficient (Wildman–Crippen LogP) is 5.12. The fourth-order valence-corrected chi connectivity index (χ4v) is 5.15. The van der Waals surface area contributed by atoms with Crippen LogP contribution in [0.1, 0.15) is 45.1 Å². The average Bonchev–Trinajstić information content (AvgIpc) is 3.25. The second-order valence-corrected chi connectivity index (χ2v) is 10.5. The van der Waals surface area contributed by atoms with Crippen LogP contribution in [0.15, 0.2) is 42.6 Å². The van der Waals surface area contributed by atoms with Gasteiger partial charge in [0.15, 0.2) is 0 Å². The molecule has 0 spiro atoms. The maximum Gasteiger partial charge on any atom is 0.421 e. The Morgan fingerprint density at radius 2 is 2.02 bits per heavy atom. The molecule has 13 heteroatoms. The smallest absolute Gasteiger partial charge is 0.421 e. The molecule has 6 rings (SSSR count). The monoisotopic (exact) mass is 587 g/mol. The molecule has 0 aliphatic carbocycles. The molecule has 9 nitrogen and oxygen atoms in total. The van der Waals surface area contributed by atoms with Gasteiger partial charge in [-0.15, -0.1) is 0 Å². The summed E-state index contributed by atoms with van der Waals surface area (Å²) in [6.07, 6.45) is -1.95. The molecule has 4 aromatic rings. The first-order valence-electron chi connectivity index (χ1n) is 13.0. The third kappa shape index (κ3) is 5.85. The molecule has 0 bridgehead atoms. The number of hydrogen-bond donors (Lipinski definition) is 1. The van der Waals surface area contributed by atoms with Crippen molar-refractivity contribution >= 4 is 28.6 Å². The first-order chi connectivity index (χ1) is 19.6. The summed E-state index contributed by atoms with van der Waals surface area (Å²) in [7, 11) is 0. The van der Waals surface area contributed by atoms with E-state index in [-0.39, 0.29) is 18.3 Å². The Hall–Kier alpha value is -3.74. The molecular weight excluding hydrogens is 563 g/mol. The van der Waals surface area contributed by atoms with E-state index >= 15 is 0 Å². The Bertz CT molecular complexity index is 1610. The van der Waals surface area contributed by atoms with Crippen molar-refractivity contribution in [3.8, 4) is 5.88 Å². The lowest BCUT2D eigenvalue weighted by Crippen LogP contribution is -2.34. The number of nitrogens with zero attached hydrogens (tertiary/aromatic N) is 5. The first-order valence-corrected chi connectivity index (χ1v) is 13.4. The maximum atomic E-state index is 13.9. The highest BCUT2D eigenvalue weighted by atomic mass is 35.5. The van der Waals surface area contributed by atoms with E-state index in [1.54, 1.807) is 24.3 Å². The van der Waals surface area contributed by atoms with Gasteiger partial charge in [-0.05, 0) is 54.8 Å². The molecule has 2 aliphatic rings. The summed E-state index contributed by atoms with van der Waals surface area (Å²) in [5, 5.41) is 9.89. The lowest BCUT2D eigenvalue weighted by atomic mass is 10.0. The maximum absolute atomic E-state index is 13.9. The van der Waals surface area contributed by atoms with Gasteiger partial charge in [0.1, 0.15) is 18.0 Å². The average molecular weight is 588 g/mol. The van der Waals surface area contributed by atoms with Gasteiger partial charge in [-0.25, -0.2) is 14.8 Å². The fourth-order valence-electron chi connectivity index (χ4n) is 5.04. The number of alkyl halides is 3. The number of rotatable bonds is 8. The van der Waals surface area contributed by atoms with Crippen molar-refractivity contribution in [1.29, 1.82) is 0 Å². The van der Waals surface area contributed by atoms with E-state index in [1.807, 2.05) is 4.57 Å². The molecule has 3 aromatic heterocycles. The molecule has 0 unspecified atom stereocenters. The van der Waals surface area contributed by atoms with Crippen molar-refractivity contribution in [1.82, 2.24) is 24.4 Å². The molecule has 0 radical (unpaired) electrons. The van der Waals surface area contributed by atoms with E-state index in [4.69, 9.17) is 26.1 Å². The highest BCUT2D eigenvalue weighted by Crippen LogP contribution is 2.38. The van der Waals surface area contributed by atoms with Crippen LogP contribution in [0.3, 0.4) is 0 Å². The number of carboxylic acid groups (broad SMARTS) is 1. The van der Waals surface area contributed by atoms with Crippen molar-refractivity contribution in [3.05, 3.63) is 81.5 Å². The highest BCUT2D eigenvalue weighted by Gasteiger charge is 2.37. The molecule has 0 amide bonds. The molecule has 41 heavy (non-hydrogen) atoms. The topological polar surface area (TPSA) is 103 Å². The summed E-state index contributed by atoms with van der Waals surface area (Å²) < 4.78 is 54.8. The summed E-state index contributed by atoms with van der Waals surface area (Å²) >= 11 is 5.85. The Morgan fingerprint density at radius 1 is 1.20 bits per heavy atom. The van der Waals surface area contributed by atoms with Gasteiger partial charge in [-0.2, -0.15) is 13.2 Å². The Kier molecular flexibility index (Phi) is 7.30. The summed E-state index contributed by atoms with van der Waals surface area (Å²) in [5.41, 5.74) is 2.06. The van der Waals surface area contributed by atoms with E-state index in [2.05, 4.69) is 14.9 Å². The number of halogens is 4. The zero-order chi connectivity index (χ0) is 28.7. The van der Waals surface area contributed by atoms with Gasteiger partial charge in [-0.1, -0.05) is 11.6 Å². The largest absolute Gasteiger partial charge is 0.478 e. The lowest BCUT2D eigenvalue weighted by molar-refractivity contribution is -0.139. The molecule has 1 fully saturated rings. The van der Waals surface area contributed by atoms with Crippen LogP contribution in [-0.2, 0) is 43.6 Å². The normalized spacial score (nSPS) is 17.3. The number of hydrogen-bond acceptors (Lipinski definition) is 7. The van der Waals surface area contributed by atoms with Crippen LogP contribution in [0, 0.1) is 0 Å². The minimum atomic E-state index is -4.63. The van der Waals surface area contributed by atoms with Crippen molar-refractivity contribution in [3.63, 3.8) is 0 Å². The number of carbonyl (C=O) groups is 1. The van der Waals surface area contributed by atoms with E-state index < -0.39 is 23.6 Å². The van der Waals surface area contributed by atoms with E-state index in [0.717, 1.165) is 18.3 Å². The zero-order valence-corrected chi connectivity index (χ0v) is 22.5. The fraction of sp³-hybridized carbons (Fsp3) is 0.357. The highest BCUT2D eigenvalue weighted by molar-refractivity contribution is 6.30. The molecule has 1 aromatic carbocycles. The molecule has 1 N–H and O–H groups in total. The van der Waals surface area contributed by atoms with E-state index in [1.165, 1.54) is 12.3 Å². The van der Waals surface area contributed by atoms with Crippen molar-refractivity contribution in [2.75, 3.05) is 13.2 Å². The Morgan fingerprint density at radius 3 is 2.71 bits per heavy atom. The third-order valence-corrected chi connectivity index (χ3v) is 7.52. The van der Waals surface area contributed by atoms with Crippen LogP contribution in [-0.4, -0.2) is 54.8 Å². The van der Waals surface area contributed by atoms with Gasteiger partial charge in [0, 0.05) is 25.9 Å². The van der Waals surface area contributed by atoms with Gasteiger partial charge in [0.05, 0.1) is 52.2 Å². The molecule has 0 saturated carbocycles. The number of benzene rings is 1. The Balaban J connectivity index is 1.27. The quantitative estimate of drug-likeness (QED) is 0.303. The van der Waals surface area contributed by atoms with Crippen LogP contribution in [0.5, 0.6) is 5.88 Å². The second kappa shape index (κ2) is 10.9. The molecular formula is C28H25ClF3N5O4. The van der Waals surface area contributed by atoms with Gasteiger partial charge >= 0.3 is 12.1 Å².